The van der Waals surface area contributed by atoms with Crippen molar-refractivity contribution in [2.75, 3.05) is 27.9 Å². The fraction of sp³-hybridized carbons (Fsp3) is 0.278. The minimum absolute atomic E-state index is 0.139. The molecule has 2 aromatic carbocycles. The molecule has 0 bridgehead atoms. The Morgan fingerprint density at radius 2 is 1.70 bits per heavy atom. The number of benzene rings is 2. The van der Waals surface area contributed by atoms with E-state index in [9.17, 15) is 4.79 Å². The summed E-state index contributed by atoms with van der Waals surface area (Å²) >= 11 is 0. The van der Waals surface area contributed by atoms with Crippen LogP contribution in [0.4, 0.5) is 0 Å². The van der Waals surface area contributed by atoms with Crippen molar-refractivity contribution in [2.45, 2.75) is 5.92 Å². The van der Waals surface area contributed by atoms with Crippen LogP contribution in [-0.4, -0.2) is 33.9 Å². The highest BCUT2D eigenvalue weighted by Crippen LogP contribution is 2.28. The first kappa shape index (κ1) is 16.7. The molecule has 0 saturated carbocycles. The lowest BCUT2D eigenvalue weighted by Gasteiger charge is -2.17. The van der Waals surface area contributed by atoms with E-state index in [0.717, 1.165) is 5.56 Å². The zero-order chi connectivity index (χ0) is 16.7. The van der Waals surface area contributed by atoms with Gasteiger partial charge >= 0.3 is 5.97 Å². The van der Waals surface area contributed by atoms with Gasteiger partial charge in [0.15, 0.2) is 11.5 Å². The normalized spacial score (nSPS) is 11.4. The number of carbonyl (C=O) groups is 1. The first-order chi connectivity index (χ1) is 11.2. The van der Waals surface area contributed by atoms with E-state index in [1.807, 2.05) is 30.3 Å². The summed E-state index contributed by atoms with van der Waals surface area (Å²) in [5.41, 5.74) is 0.770. The first-order valence-corrected chi connectivity index (χ1v) is 7.17. The van der Waals surface area contributed by atoms with Crippen LogP contribution in [0, 0.1) is 0 Å². The van der Waals surface area contributed by atoms with Crippen molar-refractivity contribution in [2.24, 2.45) is 0 Å². The van der Waals surface area contributed by atoms with Crippen LogP contribution in [0.1, 0.15) is 11.5 Å². The Kier molecular flexibility index (Phi) is 5.86. The van der Waals surface area contributed by atoms with Gasteiger partial charge in [0.05, 0.1) is 21.3 Å². The van der Waals surface area contributed by atoms with E-state index in [-0.39, 0.29) is 12.6 Å². The van der Waals surface area contributed by atoms with E-state index < -0.39 is 5.92 Å². The molecule has 5 nitrogen and oxygen atoms in total. The molecule has 23 heavy (non-hydrogen) atoms. The van der Waals surface area contributed by atoms with E-state index in [2.05, 4.69) is 0 Å². The van der Waals surface area contributed by atoms with Gasteiger partial charge in [0.1, 0.15) is 18.3 Å². The topological polar surface area (TPSA) is 54.0 Å². The molecule has 0 saturated heterocycles. The van der Waals surface area contributed by atoms with Gasteiger partial charge in [-0.1, -0.05) is 24.3 Å². The third-order valence-electron chi connectivity index (χ3n) is 3.46. The van der Waals surface area contributed by atoms with Crippen LogP contribution in [0.2, 0.25) is 0 Å². The van der Waals surface area contributed by atoms with Crippen LogP contribution < -0.4 is 14.2 Å². The van der Waals surface area contributed by atoms with Gasteiger partial charge in [-0.05, 0) is 29.8 Å². The monoisotopic (exact) mass is 316 g/mol. The molecule has 2 rings (SSSR count). The molecule has 0 fully saturated rings. The maximum Gasteiger partial charge on any atom is 0.316 e. The number of rotatable bonds is 7. The second kappa shape index (κ2) is 8.08. The molecular formula is C18H20O5. The van der Waals surface area contributed by atoms with E-state index in [1.165, 1.54) is 7.11 Å². The third kappa shape index (κ3) is 4.16. The highest BCUT2D eigenvalue weighted by atomic mass is 16.5. The molecule has 1 atom stereocenters. The van der Waals surface area contributed by atoms with E-state index >= 15 is 0 Å². The van der Waals surface area contributed by atoms with E-state index in [0.29, 0.717) is 17.2 Å². The summed E-state index contributed by atoms with van der Waals surface area (Å²) in [4.78, 5) is 12.1. The molecule has 0 amide bonds. The molecule has 0 heterocycles. The van der Waals surface area contributed by atoms with Crippen molar-refractivity contribution in [3.63, 3.8) is 0 Å². The van der Waals surface area contributed by atoms with Crippen LogP contribution >= 0.6 is 0 Å². The average molecular weight is 316 g/mol. The lowest BCUT2D eigenvalue weighted by molar-refractivity contribution is -0.143. The highest BCUT2D eigenvalue weighted by Gasteiger charge is 2.23. The Balaban J connectivity index is 2.20. The molecule has 2 aromatic rings. The number of hydrogen-bond donors (Lipinski definition) is 0. The smallest absolute Gasteiger partial charge is 0.316 e. The van der Waals surface area contributed by atoms with Gasteiger partial charge in [0.2, 0.25) is 0 Å². The van der Waals surface area contributed by atoms with Crippen molar-refractivity contribution in [1.82, 2.24) is 0 Å². The van der Waals surface area contributed by atoms with Crippen LogP contribution in [-0.2, 0) is 9.53 Å². The predicted octanol–water partition coefficient (Wildman–Crippen LogP) is 3.04. The second-order valence-corrected chi connectivity index (χ2v) is 4.81. The Labute approximate surface area is 135 Å². The summed E-state index contributed by atoms with van der Waals surface area (Å²) in [5.74, 6) is 0.940. The highest BCUT2D eigenvalue weighted by molar-refractivity contribution is 5.78. The molecule has 0 aliphatic rings. The lowest BCUT2D eigenvalue weighted by Crippen LogP contribution is -2.21. The van der Waals surface area contributed by atoms with Gasteiger partial charge in [-0.2, -0.15) is 0 Å². The van der Waals surface area contributed by atoms with Gasteiger partial charge in [0, 0.05) is 0 Å². The second-order valence-electron chi connectivity index (χ2n) is 4.81. The summed E-state index contributed by atoms with van der Waals surface area (Å²) in [7, 11) is 4.51. The number of para-hydroxylation sites is 2. The Morgan fingerprint density at radius 3 is 2.35 bits per heavy atom. The maximum atomic E-state index is 12.1. The van der Waals surface area contributed by atoms with Gasteiger partial charge in [-0.15, -0.1) is 0 Å². The van der Waals surface area contributed by atoms with Crippen molar-refractivity contribution in [3.05, 3.63) is 54.1 Å². The Hall–Kier alpha value is -2.69. The fourth-order valence-electron chi connectivity index (χ4n) is 2.21. The molecule has 0 aromatic heterocycles. The summed E-state index contributed by atoms with van der Waals surface area (Å²) in [6, 6.07) is 14.6. The van der Waals surface area contributed by atoms with E-state index in [4.69, 9.17) is 18.9 Å². The van der Waals surface area contributed by atoms with Gasteiger partial charge in [-0.3, -0.25) is 4.79 Å². The quantitative estimate of drug-likeness (QED) is 0.735. The molecule has 1 unspecified atom stereocenters. The zero-order valence-corrected chi connectivity index (χ0v) is 13.4. The number of carbonyl (C=O) groups excluding carboxylic acids is 1. The summed E-state index contributed by atoms with van der Waals surface area (Å²) < 4.78 is 21.1. The Bertz CT molecular complexity index is 653. The maximum absolute atomic E-state index is 12.1. The predicted molar refractivity (Wildman–Crippen MR) is 86.2 cm³/mol. The lowest BCUT2D eigenvalue weighted by atomic mass is 10.00. The van der Waals surface area contributed by atoms with Crippen molar-refractivity contribution >= 4 is 5.97 Å². The average Bonchev–Trinajstić information content (AvgIpc) is 2.62. The molecular weight excluding hydrogens is 296 g/mol. The van der Waals surface area contributed by atoms with Crippen LogP contribution in [0.5, 0.6) is 17.2 Å². The minimum atomic E-state index is -0.556. The molecule has 0 aliphatic carbocycles. The number of esters is 1. The molecule has 0 aliphatic heterocycles. The van der Waals surface area contributed by atoms with Gasteiger partial charge in [-0.25, -0.2) is 0 Å². The van der Waals surface area contributed by atoms with Gasteiger partial charge in [0.25, 0.3) is 0 Å². The molecule has 0 N–H and O–H groups in total. The molecule has 5 heteroatoms. The van der Waals surface area contributed by atoms with E-state index in [1.54, 1.807) is 32.4 Å². The Morgan fingerprint density at radius 1 is 0.957 bits per heavy atom. The van der Waals surface area contributed by atoms with Crippen LogP contribution in [0.15, 0.2) is 48.5 Å². The third-order valence-corrected chi connectivity index (χ3v) is 3.46. The first-order valence-electron chi connectivity index (χ1n) is 7.17. The van der Waals surface area contributed by atoms with Gasteiger partial charge < -0.3 is 18.9 Å². The van der Waals surface area contributed by atoms with Crippen molar-refractivity contribution in [3.8, 4) is 17.2 Å². The number of ether oxygens (including phenoxy) is 4. The summed E-state index contributed by atoms with van der Waals surface area (Å²) in [6.07, 6.45) is 0. The number of methoxy groups -OCH3 is 3. The molecule has 122 valence electrons. The van der Waals surface area contributed by atoms with Crippen molar-refractivity contribution < 1.29 is 23.7 Å². The minimum Gasteiger partial charge on any atom is -0.497 e. The largest absolute Gasteiger partial charge is 0.497 e. The SMILES string of the molecule is COC(=O)C(COc1ccccc1OC)c1cccc(OC)c1. The standard InChI is InChI=1S/C18H20O5/c1-20-14-8-6-7-13(11-14)15(18(19)22-3)12-23-17-10-5-4-9-16(17)21-2/h4-11,15H,12H2,1-3H3. The summed E-state index contributed by atoms with van der Waals surface area (Å²) in [6.45, 7) is 0.139. The molecule has 0 radical (unpaired) electrons. The summed E-state index contributed by atoms with van der Waals surface area (Å²) in [5, 5.41) is 0. The molecule has 0 spiro atoms. The van der Waals surface area contributed by atoms with Crippen LogP contribution in [0.3, 0.4) is 0 Å². The van der Waals surface area contributed by atoms with Crippen LogP contribution in [0.25, 0.3) is 0 Å². The zero-order valence-electron chi connectivity index (χ0n) is 13.4. The number of hydrogen-bond acceptors (Lipinski definition) is 5. The fourth-order valence-corrected chi connectivity index (χ4v) is 2.21. The van der Waals surface area contributed by atoms with Crippen molar-refractivity contribution in [1.29, 1.82) is 0 Å².